The predicted molar refractivity (Wildman–Crippen MR) is 109 cm³/mol. The van der Waals surface area contributed by atoms with Crippen LogP contribution in [0.5, 0.6) is 0 Å². The smallest absolute Gasteiger partial charge is 0.294 e. The first-order chi connectivity index (χ1) is 12.3. The molecule has 26 heavy (non-hydrogen) atoms. The van der Waals surface area contributed by atoms with Gasteiger partial charge in [0, 0.05) is 11.8 Å². The van der Waals surface area contributed by atoms with Crippen LogP contribution < -0.4 is 5.32 Å². The molecule has 0 radical (unpaired) electrons. The lowest BCUT2D eigenvalue weighted by atomic mass is 10.1. The summed E-state index contributed by atoms with van der Waals surface area (Å²) >= 11 is 2.81. The van der Waals surface area contributed by atoms with Crippen LogP contribution in [-0.4, -0.2) is 28.5 Å². The molecule has 1 fully saturated rings. The van der Waals surface area contributed by atoms with Gasteiger partial charge in [-0.1, -0.05) is 12.1 Å². The number of furan rings is 1. The fourth-order valence-electron chi connectivity index (χ4n) is 2.39. The second kappa shape index (κ2) is 7.67. The summed E-state index contributed by atoms with van der Waals surface area (Å²) in [6, 6.07) is 9.04. The molecular weight excluding hydrogens is 467 g/mol. The van der Waals surface area contributed by atoms with Crippen LogP contribution in [0.3, 0.4) is 0 Å². The van der Waals surface area contributed by atoms with Crippen LogP contribution in [0.15, 0.2) is 39.7 Å². The van der Waals surface area contributed by atoms with Crippen molar-refractivity contribution in [1.82, 2.24) is 4.90 Å². The van der Waals surface area contributed by atoms with Crippen LogP contribution in [0.4, 0.5) is 10.5 Å². The van der Waals surface area contributed by atoms with Crippen LogP contribution in [0.25, 0.3) is 6.08 Å². The Labute approximate surface area is 168 Å². The summed E-state index contributed by atoms with van der Waals surface area (Å²) in [6.45, 7) is 3.52. The molecule has 8 heteroatoms. The third kappa shape index (κ3) is 4.01. The van der Waals surface area contributed by atoms with Crippen molar-refractivity contribution < 1.29 is 18.8 Å². The second-order valence-corrected chi connectivity index (χ2v) is 7.76. The number of hydrogen-bond donors (Lipinski definition) is 1. The van der Waals surface area contributed by atoms with Crippen LogP contribution in [0.2, 0.25) is 0 Å². The first-order valence-electron chi connectivity index (χ1n) is 7.72. The van der Waals surface area contributed by atoms with Gasteiger partial charge in [0.1, 0.15) is 12.3 Å². The van der Waals surface area contributed by atoms with Gasteiger partial charge in [-0.25, -0.2) is 0 Å². The number of imide groups is 1. The number of aryl methyl sites for hydroxylation is 1. The average molecular weight is 482 g/mol. The van der Waals surface area contributed by atoms with E-state index in [4.69, 9.17) is 4.42 Å². The van der Waals surface area contributed by atoms with Crippen molar-refractivity contribution in [3.05, 3.63) is 55.9 Å². The van der Waals surface area contributed by atoms with E-state index in [9.17, 15) is 14.4 Å². The summed E-state index contributed by atoms with van der Waals surface area (Å²) in [6.07, 6.45) is 1.51. The van der Waals surface area contributed by atoms with Crippen molar-refractivity contribution in [1.29, 1.82) is 0 Å². The zero-order chi connectivity index (χ0) is 18.8. The SMILES string of the molecule is Cc1cccc(NC(=O)CN2C(=O)S/C(=C\c3ccc(I)o3)C2=O)c1C. The van der Waals surface area contributed by atoms with Gasteiger partial charge in [0.15, 0.2) is 3.77 Å². The molecule has 2 aromatic rings. The van der Waals surface area contributed by atoms with E-state index in [-0.39, 0.29) is 11.4 Å². The van der Waals surface area contributed by atoms with Crippen LogP contribution in [0.1, 0.15) is 16.9 Å². The fourth-order valence-corrected chi connectivity index (χ4v) is 3.64. The van der Waals surface area contributed by atoms with Gasteiger partial charge in [-0.15, -0.1) is 0 Å². The Morgan fingerprint density at radius 2 is 2.04 bits per heavy atom. The first-order valence-corrected chi connectivity index (χ1v) is 9.61. The molecule has 3 amide bonds. The summed E-state index contributed by atoms with van der Waals surface area (Å²) in [7, 11) is 0. The molecule has 0 aliphatic carbocycles. The van der Waals surface area contributed by atoms with Gasteiger partial charge in [0.25, 0.3) is 11.1 Å². The number of benzene rings is 1. The molecule has 0 spiro atoms. The largest absolute Gasteiger partial charge is 0.451 e. The maximum atomic E-state index is 12.4. The minimum Gasteiger partial charge on any atom is -0.451 e. The van der Waals surface area contributed by atoms with E-state index < -0.39 is 17.1 Å². The van der Waals surface area contributed by atoms with E-state index in [1.165, 1.54) is 6.08 Å². The van der Waals surface area contributed by atoms with Crippen molar-refractivity contribution in [2.75, 3.05) is 11.9 Å². The highest BCUT2D eigenvalue weighted by Gasteiger charge is 2.36. The normalized spacial score (nSPS) is 15.8. The molecule has 1 aromatic heterocycles. The van der Waals surface area contributed by atoms with Crippen LogP contribution in [-0.2, 0) is 9.59 Å². The number of carbonyl (C=O) groups is 3. The lowest BCUT2D eigenvalue weighted by Crippen LogP contribution is -2.36. The fraction of sp³-hybridized carbons (Fsp3) is 0.167. The van der Waals surface area contributed by atoms with Crippen molar-refractivity contribution in [2.24, 2.45) is 0 Å². The Kier molecular flexibility index (Phi) is 5.52. The lowest BCUT2D eigenvalue weighted by Gasteiger charge is -2.14. The zero-order valence-corrected chi connectivity index (χ0v) is 17.0. The molecule has 0 bridgehead atoms. The molecule has 2 heterocycles. The quantitative estimate of drug-likeness (QED) is 0.523. The average Bonchev–Trinajstić information content (AvgIpc) is 3.10. The molecule has 134 valence electrons. The number of thioether (sulfide) groups is 1. The van der Waals surface area contributed by atoms with Crippen LogP contribution in [0, 0.1) is 17.6 Å². The molecule has 3 rings (SSSR count). The van der Waals surface area contributed by atoms with Gasteiger partial charge in [-0.05, 0) is 77.5 Å². The second-order valence-electron chi connectivity index (χ2n) is 5.71. The summed E-state index contributed by atoms with van der Waals surface area (Å²) in [5.74, 6) is -0.433. The van der Waals surface area contributed by atoms with E-state index in [1.54, 1.807) is 18.2 Å². The van der Waals surface area contributed by atoms with Gasteiger partial charge in [0.2, 0.25) is 5.91 Å². The number of carbonyl (C=O) groups excluding carboxylic acids is 3. The number of anilines is 1. The molecular formula is C18H15IN2O4S. The Morgan fingerprint density at radius 1 is 1.27 bits per heavy atom. The standard InChI is InChI=1S/C18H15IN2O4S/c1-10-4-3-5-13(11(10)2)20-16(22)9-21-17(23)14(26-18(21)24)8-12-6-7-15(19)25-12/h3-8H,9H2,1-2H3,(H,20,22)/b14-8-. The van der Waals surface area contributed by atoms with E-state index in [1.807, 2.05) is 48.6 Å². The zero-order valence-electron chi connectivity index (χ0n) is 14.0. The van der Waals surface area contributed by atoms with Crippen LogP contribution >= 0.6 is 34.4 Å². The lowest BCUT2D eigenvalue weighted by molar-refractivity contribution is -0.127. The predicted octanol–water partition coefficient (Wildman–Crippen LogP) is 4.18. The number of amides is 3. The van der Waals surface area contributed by atoms with Crippen molar-refractivity contribution >= 4 is 63.2 Å². The van der Waals surface area contributed by atoms with E-state index in [2.05, 4.69) is 5.32 Å². The number of halogens is 1. The summed E-state index contributed by atoms with van der Waals surface area (Å²) < 4.78 is 6.07. The summed E-state index contributed by atoms with van der Waals surface area (Å²) in [5, 5.41) is 2.28. The minimum absolute atomic E-state index is 0.236. The van der Waals surface area contributed by atoms with E-state index >= 15 is 0 Å². The van der Waals surface area contributed by atoms with Gasteiger partial charge in [-0.3, -0.25) is 19.3 Å². The Hall–Kier alpha value is -2.07. The highest BCUT2D eigenvalue weighted by Crippen LogP contribution is 2.32. The van der Waals surface area contributed by atoms with E-state index in [0.29, 0.717) is 15.2 Å². The maximum Gasteiger partial charge on any atom is 0.294 e. The molecule has 1 N–H and O–H groups in total. The van der Waals surface area contributed by atoms with Crippen molar-refractivity contribution in [3.8, 4) is 0 Å². The molecule has 1 aliphatic heterocycles. The molecule has 0 atom stereocenters. The van der Waals surface area contributed by atoms with Crippen molar-refractivity contribution in [3.63, 3.8) is 0 Å². The molecule has 0 saturated carbocycles. The molecule has 6 nitrogen and oxygen atoms in total. The number of hydrogen-bond acceptors (Lipinski definition) is 5. The topological polar surface area (TPSA) is 79.6 Å². The molecule has 1 aromatic carbocycles. The van der Waals surface area contributed by atoms with E-state index in [0.717, 1.165) is 27.8 Å². The number of rotatable bonds is 4. The number of nitrogens with one attached hydrogen (secondary N) is 1. The maximum absolute atomic E-state index is 12.4. The first kappa shape index (κ1) is 18.7. The third-order valence-electron chi connectivity index (χ3n) is 3.92. The van der Waals surface area contributed by atoms with Gasteiger partial charge in [0.05, 0.1) is 4.91 Å². The van der Waals surface area contributed by atoms with Gasteiger partial charge in [-0.2, -0.15) is 0 Å². The van der Waals surface area contributed by atoms with Gasteiger partial charge >= 0.3 is 0 Å². The Bertz CT molecular complexity index is 935. The van der Waals surface area contributed by atoms with Crippen molar-refractivity contribution in [2.45, 2.75) is 13.8 Å². The number of nitrogens with zero attached hydrogens (tertiary/aromatic N) is 1. The molecule has 1 saturated heterocycles. The summed E-state index contributed by atoms with van der Waals surface area (Å²) in [4.78, 5) is 38.0. The Morgan fingerprint density at radius 3 is 2.73 bits per heavy atom. The molecule has 0 unspecified atom stereocenters. The summed E-state index contributed by atoms with van der Waals surface area (Å²) in [5.41, 5.74) is 2.66. The monoisotopic (exact) mass is 482 g/mol. The minimum atomic E-state index is -0.498. The van der Waals surface area contributed by atoms with Gasteiger partial charge < -0.3 is 9.73 Å². The Balaban J connectivity index is 1.70. The highest BCUT2D eigenvalue weighted by atomic mass is 127. The highest BCUT2D eigenvalue weighted by molar-refractivity contribution is 14.1. The third-order valence-corrected chi connectivity index (χ3v) is 5.41. The molecule has 1 aliphatic rings.